The fourth-order valence-corrected chi connectivity index (χ4v) is 3.26. The molecule has 1 N–H and O–H groups in total. The van der Waals surface area contributed by atoms with Crippen LogP contribution in [0.3, 0.4) is 0 Å². The number of halogens is 1. The van der Waals surface area contributed by atoms with Gasteiger partial charge in [0.15, 0.2) is 0 Å². The van der Waals surface area contributed by atoms with E-state index in [1.807, 2.05) is 0 Å². The smallest absolute Gasteiger partial charge is 0.264 e. The molecule has 1 aliphatic heterocycles. The Bertz CT molecular complexity index is 698. The first-order chi connectivity index (χ1) is 8.58. The molecule has 0 saturated carbocycles. The minimum atomic E-state index is -3.65. The largest absolute Gasteiger partial charge is 0.328 e. The number of para-hydroxylation sites is 2. The lowest BCUT2D eigenvalue weighted by molar-refractivity contribution is 0.602. The van der Waals surface area contributed by atoms with E-state index in [4.69, 9.17) is 0 Å². The van der Waals surface area contributed by atoms with E-state index in [1.54, 1.807) is 24.3 Å². The van der Waals surface area contributed by atoms with Crippen molar-refractivity contribution in [2.75, 3.05) is 9.03 Å². The SMILES string of the molecule is O=S1(=O)Nc2ccccc2N1c1ccc(F)cc1. The molecule has 0 aromatic heterocycles. The average molecular weight is 264 g/mol. The highest BCUT2D eigenvalue weighted by atomic mass is 32.2. The molecule has 6 heteroatoms. The van der Waals surface area contributed by atoms with Crippen LogP contribution in [0.2, 0.25) is 0 Å². The van der Waals surface area contributed by atoms with Crippen LogP contribution >= 0.6 is 0 Å². The van der Waals surface area contributed by atoms with Gasteiger partial charge in [0.25, 0.3) is 0 Å². The van der Waals surface area contributed by atoms with Crippen LogP contribution in [0.15, 0.2) is 48.5 Å². The van der Waals surface area contributed by atoms with Crippen molar-refractivity contribution in [2.45, 2.75) is 0 Å². The quantitative estimate of drug-likeness (QED) is 0.860. The molecular weight excluding hydrogens is 255 g/mol. The van der Waals surface area contributed by atoms with Crippen LogP contribution in [-0.2, 0) is 10.2 Å². The normalized spacial score (nSPS) is 16.2. The summed E-state index contributed by atoms with van der Waals surface area (Å²) in [5.41, 5.74) is 1.44. The molecule has 3 rings (SSSR count). The summed E-state index contributed by atoms with van der Waals surface area (Å²) in [6, 6.07) is 12.2. The molecule has 0 radical (unpaired) electrons. The van der Waals surface area contributed by atoms with E-state index in [1.165, 1.54) is 24.3 Å². The first-order valence-electron chi connectivity index (χ1n) is 5.25. The lowest BCUT2D eigenvalue weighted by atomic mass is 10.2. The molecule has 18 heavy (non-hydrogen) atoms. The summed E-state index contributed by atoms with van der Waals surface area (Å²) in [6.45, 7) is 0. The molecule has 4 nitrogen and oxygen atoms in total. The van der Waals surface area contributed by atoms with E-state index in [9.17, 15) is 12.8 Å². The van der Waals surface area contributed by atoms with Gasteiger partial charge in [-0.1, -0.05) is 12.1 Å². The van der Waals surface area contributed by atoms with Gasteiger partial charge < -0.3 is 0 Å². The van der Waals surface area contributed by atoms with Crippen LogP contribution in [0.5, 0.6) is 0 Å². The van der Waals surface area contributed by atoms with Crippen molar-refractivity contribution < 1.29 is 12.8 Å². The Labute approximate surface area is 104 Å². The van der Waals surface area contributed by atoms with E-state index in [0.29, 0.717) is 17.1 Å². The topological polar surface area (TPSA) is 49.4 Å². The summed E-state index contributed by atoms with van der Waals surface area (Å²) in [5, 5.41) is 0. The molecule has 0 spiro atoms. The van der Waals surface area contributed by atoms with Crippen LogP contribution < -0.4 is 9.03 Å². The van der Waals surface area contributed by atoms with Gasteiger partial charge in [0.2, 0.25) is 0 Å². The minimum Gasteiger partial charge on any atom is -0.264 e. The highest BCUT2D eigenvalue weighted by Crippen LogP contribution is 2.40. The van der Waals surface area contributed by atoms with Gasteiger partial charge in [-0.05, 0) is 36.4 Å². The third-order valence-corrected chi connectivity index (χ3v) is 4.03. The Morgan fingerprint density at radius 3 is 2.39 bits per heavy atom. The zero-order valence-corrected chi connectivity index (χ0v) is 9.99. The Morgan fingerprint density at radius 1 is 1.00 bits per heavy atom. The number of rotatable bonds is 1. The lowest BCUT2D eigenvalue weighted by Crippen LogP contribution is -2.25. The van der Waals surface area contributed by atoms with Gasteiger partial charge in [-0.2, -0.15) is 8.42 Å². The maximum Gasteiger partial charge on any atom is 0.328 e. The number of fused-ring (bicyclic) bond motifs is 1. The molecule has 0 aliphatic carbocycles. The fraction of sp³-hybridized carbons (Fsp3) is 0. The van der Waals surface area contributed by atoms with Crippen LogP contribution in [0.4, 0.5) is 21.5 Å². The van der Waals surface area contributed by atoms with Crippen molar-refractivity contribution >= 4 is 27.3 Å². The maximum atomic E-state index is 12.9. The summed E-state index contributed by atoms with van der Waals surface area (Å²) in [4.78, 5) is 0. The lowest BCUT2D eigenvalue weighted by Gasteiger charge is -2.16. The standard InChI is InChI=1S/C12H9FN2O2S/c13-9-5-7-10(8-6-9)15-12-4-2-1-3-11(12)14-18(15,16)17/h1-8,14H. The van der Waals surface area contributed by atoms with Crippen molar-refractivity contribution in [1.29, 1.82) is 0 Å². The van der Waals surface area contributed by atoms with Gasteiger partial charge in [-0.3, -0.25) is 4.72 Å². The summed E-state index contributed by atoms with van der Waals surface area (Å²) in [6.07, 6.45) is 0. The summed E-state index contributed by atoms with van der Waals surface area (Å²) >= 11 is 0. The van der Waals surface area contributed by atoms with Gasteiger partial charge >= 0.3 is 10.2 Å². The average Bonchev–Trinajstić information content (AvgIpc) is 2.60. The number of hydrogen-bond acceptors (Lipinski definition) is 2. The van der Waals surface area contributed by atoms with Crippen LogP contribution in [0, 0.1) is 5.82 Å². The summed E-state index contributed by atoms with van der Waals surface area (Å²) < 4.78 is 40.5. The molecular formula is C12H9FN2O2S. The second-order valence-electron chi connectivity index (χ2n) is 3.87. The van der Waals surface area contributed by atoms with E-state index < -0.39 is 16.0 Å². The number of benzene rings is 2. The molecule has 0 amide bonds. The Kier molecular flexibility index (Phi) is 2.27. The van der Waals surface area contributed by atoms with Gasteiger partial charge in [0.05, 0.1) is 17.1 Å². The van der Waals surface area contributed by atoms with Gasteiger partial charge in [0, 0.05) is 0 Å². The maximum absolute atomic E-state index is 12.9. The highest BCUT2D eigenvalue weighted by molar-refractivity contribution is 7.95. The van der Waals surface area contributed by atoms with Crippen molar-refractivity contribution in [2.24, 2.45) is 0 Å². The van der Waals surface area contributed by atoms with Crippen molar-refractivity contribution in [3.63, 3.8) is 0 Å². The Hall–Kier alpha value is -2.08. The van der Waals surface area contributed by atoms with Gasteiger partial charge in [-0.25, -0.2) is 8.70 Å². The van der Waals surface area contributed by atoms with E-state index >= 15 is 0 Å². The van der Waals surface area contributed by atoms with Crippen molar-refractivity contribution in [3.8, 4) is 0 Å². The van der Waals surface area contributed by atoms with E-state index in [0.717, 1.165) is 4.31 Å². The molecule has 0 unspecified atom stereocenters. The molecule has 2 aromatic carbocycles. The van der Waals surface area contributed by atoms with Gasteiger partial charge in [0.1, 0.15) is 5.82 Å². The fourth-order valence-electron chi connectivity index (χ4n) is 1.91. The highest BCUT2D eigenvalue weighted by Gasteiger charge is 2.33. The number of anilines is 3. The van der Waals surface area contributed by atoms with Crippen molar-refractivity contribution in [3.05, 3.63) is 54.3 Å². The molecule has 0 saturated heterocycles. The predicted molar refractivity (Wildman–Crippen MR) is 67.5 cm³/mol. The van der Waals surface area contributed by atoms with Crippen LogP contribution in [-0.4, -0.2) is 8.42 Å². The van der Waals surface area contributed by atoms with Gasteiger partial charge in [-0.15, -0.1) is 0 Å². The van der Waals surface area contributed by atoms with E-state index in [-0.39, 0.29) is 0 Å². The molecule has 0 fully saturated rings. The number of nitrogens with one attached hydrogen (secondary N) is 1. The zero-order chi connectivity index (χ0) is 12.8. The summed E-state index contributed by atoms with van der Waals surface area (Å²) in [7, 11) is -3.65. The second-order valence-corrected chi connectivity index (χ2v) is 5.38. The third-order valence-electron chi connectivity index (χ3n) is 2.66. The zero-order valence-electron chi connectivity index (χ0n) is 9.17. The second kappa shape index (κ2) is 3.71. The predicted octanol–water partition coefficient (Wildman–Crippen LogP) is 2.63. The molecule has 1 aliphatic rings. The molecule has 0 bridgehead atoms. The Balaban J connectivity index is 2.18. The minimum absolute atomic E-state index is 0.397. The molecule has 92 valence electrons. The summed E-state index contributed by atoms with van der Waals surface area (Å²) in [5.74, 6) is -0.406. The molecule has 1 heterocycles. The van der Waals surface area contributed by atoms with Crippen molar-refractivity contribution in [1.82, 2.24) is 0 Å². The van der Waals surface area contributed by atoms with Crippen LogP contribution in [0.1, 0.15) is 0 Å². The van der Waals surface area contributed by atoms with E-state index in [2.05, 4.69) is 4.72 Å². The molecule has 0 atom stereocenters. The first kappa shape index (κ1) is 11.0. The molecule has 2 aromatic rings. The van der Waals surface area contributed by atoms with Crippen LogP contribution in [0.25, 0.3) is 0 Å². The number of nitrogens with zero attached hydrogens (tertiary/aromatic N) is 1. The first-order valence-corrected chi connectivity index (χ1v) is 6.70. The monoisotopic (exact) mass is 264 g/mol. The number of hydrogen-bond donors (Lipinski definition) is 1. The third kappa shape index (κ3) is 1.62. The Morgan fingerprint density at radius 2 is 1.67 bits per heavy atom.